The standard InChI is InChI=1S/C15H17F3N4O/c1-10(2)13(9-22-19-7-8-20-22)21-14(23)11-3-5-12(6-4-11)15(16,17)18/h3-8,10,13H,9H2,1-2H3,(H,21,23)/t13-/m1/s1. The molecule has 8 heteroatoms. The van der Waals surface area contributed by atoms with Gasteiger partial charge >= 0.3 is 6.18 Å². The molecule has 23 heavy (non-hydrogen) atoms. The molecule has 0 saturated carbocycles. The molecule has 0 aliphatic carbocycles. The van der Waals surface area contributed by atoms with Crippen LogP contribution in [-0.2, 0) is 12.7 Å². The van der Waals surface area contributed by atoms with Crippen molar-refractivity contribution in [1.29, 1.82) is 0 Å². The van der Waals surface area contributed by atoms with Crippen LogP contribution < -0.4 is 5.32 Å². The third-order valence-corrected chi connectivity index (χ3v) is 3.42. The second-order valence-electron chi connectivity index (χ2n) is 5.48. The average Bonchev–Trinajstić information content (AvgIpc) is 2.98. The number of carbonyl (C=O) groups is 1. The first-order chi connectivity index (χ1) is 10.8. The maximum Gasteiger partial charge on any atom is 0.416 e. The molecule has 1 N–H and O–H groups in total. The third-order valence-electron chi connectivity index (χ3n) is 3.42. The van der Waals surface area contributed by atoms with E-state index in [-0.39, 0.29) is 17.5 Å². The number of hydrogen-bond acceptors (Lipinski definition) is 3. The Morgan fingerprint density at radius 1 is 1.17 bits per heavy atom. The van der Waals surface area contributed by atoms with Crippen molar-refractivity contribution in [1.82, 2.24) is 20.3 Å². The summed E-state index contributed by atoms with van der Waals surface area (Å²) in [4.78, 5) is 13.7. The van der Waals surface area contributed by atoms with E-state index in [9.17, 15) is 18.0 Å². The monoisotopic (exact) mass is 326 g/mol. The first-order valence-electron chi connectivity index (χ1n) is 7.09. The highest BCUT2D eigenvalue weighted by atomic mass is 19.4. The molecule has 1 heterocycles. The van der Waals surface area contributed by atoms with Gasteiger partial charge in [-0.15, -0.1) is 0 Å². The number of alkyl halides is 3. The molecule has 2 rings (SSSR count). The molecule has 0 fully saturated rings. The van der Waals surface area contributed by atoms with Crippen LogP contribution in [0.5, 0.6) is 0 Å². The first-order valence-corrected chi connectivity index (χ1v) is 7.09. The van der Waals surface area contributed by atoms with Crippen molar-refractivity contribution in [2.24, 2.45) is 5.92 Å². The quantitative estimate of drug-likeness (QED) is 0.919. The van der Waals surface area contributed by atoms with Gasteiger partial charge in [0.25, 0.3) is 5.91 Å². The molecular weight excluding hydrogens is 309 g/mol. The lowest BCUT2D eigenvalue weighted by atomic mass is 10.0. The van der Waals surface area contributed by atoms with Gasteiger partial charge in [0.05, 0.1) is 30.5 Å². The molecule has 1 aromatic heterocycles. The van der Waals surface area contributed by atoms with Crippen LogP contribution >= 0.6 is 0 Å². The highest BCUT2D eigenvalue weighted by Gasteiger charge is 2.30. The minimum Gasteiger partial charge on any atom is -0.347 e. The van der Waals surface area contributed by atoms with Crippen LogP contribution in [0.1, 0.15) is 29.8 Å². The fourth-order valence-electron chi connectivity index (χ4n) is 2.00. The number of amides is 1. The predicted octanol–water partition coefficient (Wildman–Crippen LogP) is 2.75. The summed E-state index contributed by atoms with van der Waals surface area (Å²) in [6, 6.07) is 3.89. The van der Waals surface area contributed by atoms with Gasteiger partial charge in [0, 0.05) is 5.56 Å². The first kappa shape index (κ1) is 17.0. The van der Waals surface area contributed by atoms with Crippen molar-refractivity contribution >= 4 is 5.91 Å². The van der Waals surface area contributed by atoms with Crippen molar-refractivity contribution in [2.75, 3.05) is 0 Å². The second kappa shape index (κ2) is 6.80. The van der Waals surface area contributed by atoms with Crippen LogP contribution in [-0.4, -0.2) is 26.9 Å². The molecule has 0 bridgehead atoms. The molecule has 0 radical (unpaired) electrons. The topological polar surface area (TPSA) is 59.8 Å². The summed E-state index contributed by atoms with van der Waals surface area (Å²) in [5.41, 5.74) is -0.604. The number of rotatable bonds is 5. The number of aromatic nitrogens is 3. The summed E-state index contributed by atoms with van der Waals surface area (Å²) >= 11 is 0. The number of halogens is 3. The summed E-state index contributed by atoms with van der Waals surface area (Å²) in [7, 11) is 0. The van der Waals surface area contributed by atoms with Crippen LogP contribution in [0.4, 0.5) is 13.2 Å². The van der Waals surface area contributed by atoms with Crippen LogP contribution in [0.25, 0.3) is 0 Å². The van der Waals surface area contributed by atoms with Crippen molar-refractivity contribution in [2.45, 2.75) is 32.6 Å². The Morgan fingerprint density at radius 3 is 2.22 bits per heavy atom. The van der Waals surface area contributed by atoms with Crippen molar-refractivity contribution < 1.29 is 18.0 Å². The van der Waals surface area contributed by atoms with E-state index in [4.69, 9.17) is 0 Å². The van der Waals surface area contributed by atoms with Gasteiger partial charge in [-0.25, -0.2) is 0 Å². The Hall–Kier alpha value is -2.38. The maximum absolute atomic E-state index is 12.5. The lowest BCUT2D eigenvalue weighted by molar-refractivity contribution is -0.137. The lowest BCUT2D eigenvalue weighted by Crippen LogP contribution is -2.42. The number of carbonyl (C=O) groups excluding carboxylic acids is 1. The van der Waals surface area contributed by atoms with E-state index in [0.29, 0.717) is 6.54 Å². The zero-order valence-electron chi connectivity index (χ0n) is 12.7. The fourth-order valence-corrected chi connectivity index (χ4v) is 2.00. The van der Waals surface area contributed by atoms with E-state index >= 15 is 0 Å². The second-order valence-corrected chi connectivity index (χ2v) is 5.48. The molecular formula is C15H17F3N4O. The van der Waals surface area contributed by atoms with Gasteiger partial charge in [-0.3, -0.25) is 4.79 Å². The normalized spacial score (nSPS) is 13.1. The molecule has 2 aromatic rings. The number of hydrogen-bond donors (Lipinski definition) is 1. The number of nitrogens with one attached hydrogen (secondary N) is 1. The van der Waals surface area contributed by atoms with Gasteiger partial charge < -0.3 is 5.32 Å². The van der Waals surface area contributed by atoms with E-state index in [2.05, 4.69) is 15.5 Å². The highest BCUT2D eigenvalue weighted by Crippen LogP contribution is 2.29. The van der Waals surface area contributed by atoms with Crippen molar-refractivity contribution in [3.63, 3.8) is 0 Å². The average molecular weight is 326 g/mol. The molecule has 1 aromatic carbocycles. The van der Waals surface area contributed by atoms with Gasteiger partial charge in [-0.05, 0) is 30.2 Å². The SMILES string of the molecule is CC(C)[C@@H](Cn1nccn1)NC(=O)c1ccc(C(F)(F)F)cc1. The smallest absolute Gasteiger partial charge is 0.347 e. The molecule has 0 spiro atoms. The Labute approximate surface area is 131 Å². The zero-order chi connectivity index (χ0) is 17.0. The van der Waals surface area contributed by atoms with E-state index in [1.54, 1.807) is 0 Å². The largest absolute Gasteiger partial charge is 0.416 e. The summed E-state index contributed by atoms with van der Waals surface area (Å²) in [6.45, 7) is 4.25. The number of benzene rings is 1. The summed E-state index contributed by atoms with van der Waals surface area (Å²) in [5.74, 6) is -0.316. The lowest BCUT2D eigenvalue weighted by Gasteiger charge is -2.22. The Balaban J connectivity index is 2.06. The molecule has 0 aliphatic heterocycles. The zero-order valence-corrected chi connectivity index (χ0v) is 12.7. The number of nitrogens with zero attached hydrogens (tertiary/aromatic N) is 3. The predicted molar refractivity (Wildman–Crippen MR) is 77.6 cm³/mol. The Kier molecular flexibility index (Phi) is 5.02. The molecule has 124 valence electrons. The van der Waals surface area contributed by atoms with Gasteiger partial charge in [0.15, 0.2) is 0 Å². The minimum atomic E-state index is -4.42. The summed E-state index contributed by atoms with van der Waals surface area (Å²) in [5, 5.41) is 10.8. The molecule has 1 amide bonds. The Morgan fingerprint density at radius 2 is 1.74 bits per heavy atom. The summed E-state index contributed by atoms with van der Waals surface area (Å²) < 4.78 is 37.6. The van der Waals surface area contributed by atoms with Crippen LogP contribution in [0.3, 0.4) is 0 Å². The van der Waals surface area contributed by atoms with Gasteiger partial charge in [-0.1, -0.05) is 13.8 Å². The molecule has 0 unspecified atom stereocenters. The van der Waals surface area contributed by atoms with Crippen molar-refractivity contribution in [3.8, 4) is 0 Å². The van der Waals surface area contributed by atoms with E-state index in [1.165, 1.54) is 29.3 Å². The van der Waals surface area contributed by atoms with Gasteiger partial charge in [0.2, 0.25) is 0 Å². The molecule has 5 nitrogen and oxygen atoms in total. The molecule has 0 aliphatic rings. The minimum absolute atomic E-state index is 0.111. The van der Waals surface area contributed by atoms with Gasteiger partial charge in [-0.2, -0.15) is 28.2 Å². The van der Waals surface area contributed by atoms with E-state index < -0.39 is 17.6 Å². The van der Waals surface area contributed by atoms with Gasteiger partial charge in [0.1, 0.15) is 0 Å². The van der Waals surface area contributed by atoms with Crippen LogP contribution in [0.15, 0.2) is 36.7 Å². The van der Waals surface area contributed by atoms with Crippen molar-refractivity contribution in [3.05, 3.63) is 47.8 Å². The molecule has 0 saturated heterocycles. The third kappa shape index (κ3) is 4.54. The van der Waals surface area contributed by atoms with E-state index in [1.807, 2.05) is 13.8 Å². The summed E-state index contributed by atoms with van der Waals surface area (Å²) in [6.07, 6.45) is -1.34. The highest BCUT2D eigenvalue weighted by molar-refractivity contribution is 5.94. The van der Waals surface area contributed by atoms with E-state index in [0.717, 1.165) is 12.1 Å². The molecule has 1 atom stereocenters. The fraction of sp³-hybridized carbons (Fsp3) is 0.400. The van der Waals surface area contributed by atoms with Crippen LogP contribution in [0, 0.1) is 5.92 Å². The van der Waals surface area contributed by atoms with Crippen LogP contribution in [0.2, 0.25) is 0 Å². The maximum atomic E-state index is 12.5. The Bertz CT molecular complexity index is 636.